The molecule has 0 aliphatic rings. The Morgan fingerprint density at radius 2 is 1.63 bits per heavy atom. The SMILES string of the molecule is CC(C)(CCl)c1ccc(C(C)(C)CCl)c([N+](=O)[O-])c1. The predicted octanol–water partition coefficient (Wildman–Crippen LogP) is 4.63. The summed E-state index contributed by atoms with van der Waals surface area (Å²) >= 11 is 11.8. The summed E-state index contributed by atoms with van der Waals surface area (Å²) in [6, 6.07) is 5.31. The van der Waals surface area contributed by atoms with E-state index < -0.39 is 5.41 Å². The molecule has 1 rings (SSSR count). The molecule has 106 valence electrons. The van der Waals surface area contributed by atoms with Crippen LogP contribution in [0, 0.1) is 10.1 Å². The minimum Gasteiger partial charge on any atom is -0.258 e. The maximum absolute atomic E-state index is 11.3. The van der Waals surface area contributed by atoms with Crippen molar-refractivity contribution >= 4 is 28.9 Å². The highest BCUT2D eigenvalue weighted by atomic mass is 35.5. The fourth-order valence-corrected chi connectivity index (χ4v) is 2.12. The van der Waals surface area contributed by atoms with E-state index in [9.17, 15) is 10.1 Å². The fraction of sp³-hybridized carbons (Fsp3) is 0.571. The van der Waals surface area contributed by atoms with E-state index >= 15 is 0 Å². The van der Waals surface area contributed by atoms with E-state index in [1.807, 2.05) is 33.8 Å². The Morgan fingerprint density at radius 3 is 2.05 bits per heavy atom. The summed E-state index contributed by atoms with van der Waals surface area (Å²) < 4.78 is 0. The fourth-order valence-electron chi connectivity index (χ4n) is 1.83. The van der Waals surface area contributed by atoms with Gasteiger partial charge in [0.1, 0.15) is 0 Å². The first-order valence-corrected chi connectivity index (χ1v) is 7.14. The summed E-state index contributed by atoms with van der Waals surface area (Å²) in [6.45, 7) is 7.72. The molecule has 0 saturated carbocycles. The number of hydrogen-bond acceptors (Lipinski definition) is 2. The number of hydrogen-bond donors (Lipinski definition) is 0. The van der Waals surface area contributed by atoms with Gasteiger partial charge in [0.2, 0.25) is 0 Å². The largest absolute Gasteiger partial charge is 0.273 e. The number of nitro groups is 1. The lowest BCUT2D eigenvalue weighted by Crippen LogP contribution is -2.23. The smallest absolute Gasteiger partial charge is 0.258 e. The minimum atomic E-state index is -0.437. The van der Waals surface area contributed by atoms with Crippen molar-refractivity contribution in [2.24, 2.45) is 0 Å². The highest BCUT2D eigenvalue weighted by Crippen LogP contribution is 2.36. The van der Waals surface area contributed by atoms with E-state index in [4.69, 9.17) is 23.2 Å². The van der Waals surface area contributed by atoms with Gasteiger partial charge in [0.25, 0.3) is 5.69 Å². The molecule has 0 radical (unpaired) electrons. The zero-order valence-corrected chi connectivity index (χ0v) is 13.2. The van der Waals surface area contributed by atoms with Crippen molar-refractivity contribution in [3.05, 3.63) is 39.4 Å². The van der Waals surface area contributed by atoms with E-state index in [1.165, 1.54) is 0 Å². The molecular formula is C14H19Cl2NO2. The molecule has 0 aliphatic carbocycles. The molecule has 0 saturated heterocycles. The highest BCUT2D eigenvalue weighted by Gasteiger charge is 2.30. The van der Waals surface area contributed by atoms with Crippen molar-refractivity contribution in [2.45, 2.75) is 38.5 Å². The summed E-state index contributed by atoms with van der Waals surface area (Å²) in [5.74, 6) is 0.731. The number of nitro benzene ring substituents is 1. The molecule has 19 heavy (non-hydrogen) atoms. The number of alkyl halides is 2. The lowest BCUT2D eigenvalue weighted by Gasteiger charge is -2.25. The Hall–Kier alpha value is -0.800. The average molecular weight is 304 g/mol. The number of halogens is 2. The first-order chi connectivity index (χ1) is 8.65. The summed E-state index contributed by atoms with van der Waals surface area (Å²) in [5, 5.41) is 11.3. The molecule has 3 nitrogen and oxygen atoms in total. The van der Waals surface area contributed by atoms with Crippen LogP contribution in [0.5, 0.6) is 0 Å². The van der Waals surface area contributed by atoms with Crippen LogP contribution >= 0.6 is 23.2 Å². The quantitative estimate of drug-likeness (QED) is 0.452. The van der Waals surface area contributed by atoms with Gasteiger partial charge in [-0.1, -0.05) is 39.8 Å². The monoisotopic (exact) mass is 303 g/mol. The van der Waals surface area contributed by atoms with Gasteiger partial charge in [-0.3, -0.25) is 10.1 Å². The van der Waals surface area contributed by atoms with Gasteiger partial charge in [0.15, 0.2) is 0 Å². The molecule has 0 N–H and O–H groups in total. The van der Waals surface area contributed by atoms with Crippen LogP contribution in [0.3, 0.4) is 0 Å². The molecule has 0 heterocycles. The third kappa shape index (κ3) is 3.40. The van der Waals surface area contributed by atoms with Crippen molar-refractivity contribution in [3.8, 4) is 0 Å². The van der Waals surface area contributed by atoms with Gasteiger partial charge in [-0.05, 0) is 5.56 Å². The third-order valence-corrected chi connectivity index (χ3v) is 4.71. The van der Waals surface area contributed by atoms with Crippen LogP contribution in [0.4, 0.5) is 5.69 Å². The Kier molecular flexibility index (Phi) is 4.86. The molecule has 1 aromatic carbocycles. The van der Waals surface area contributed by atoms with E-state index in [2.05, 4.69) is 0 Å². The second-order valence-corrected chi connectivity index (χ2v) is 6.56. The van der Waals surface area contributed by atoms with Crippen LogP contribution in [0.25, 0.3) is 0 Å². The maximum atomic E-state index is 11.3. The molecule has 0 spiro atoms. The summed E-state index contributed by atoms with van der Waals surface area (Å²) in [4.78, 5) is 10.9. The van der Waals surface area contributed by atoms with Gasteiger partial charge >= 0.3 is 0 Å². The van der Waals surface area contributed by atoms with Gasteiger partial charge in [0.05, 0.1) is 4.92 Å². The van der Waals surface area contributed by atoms with Crippen LogP contribution < -0.4 is 0 Å². The second kappa shape index (κ2) is 5.68. The topological polar surface area (TPSA) is 43.1 Å². The molecule has 0 bridgehead atoms. The zero-order valence-electron chi connectivity index (χ0n) is 11.7. The molecule has 0 amide bonds. The minimum absolute atomic E-state index is 0.112. The van der Waals surface area contributed by atoms with Crippen molar-refractivity contribution in [1.29, 1.82) is 0 Å². The number of benzene rings is 1. The van der Waals surface area contributed by atoms with E-state index in [-0.39, 0.29) is 16.0 Å². The molecule has 0 aliphatic heterocycles. The van der Waals surface area contributed by atoms with Gasteiger partial charge in [-0.2, -0.15) is 0 Å². The number of nitrogens with zero attached hydrogens (tertiary/aromatic N) is 1. The standard InChI is InChI=1S/C14H19Cl2NO2/c1-13(2,8-15)10-5-6-11(14(3,4)9-16)12(7-10)17(18)19/h5-7H,8-9H2,1-4H3. The Bertz CT molecular complexity index is 484. The van der Waals surface area contributed by atoms with Crippen molar-refractivity contribution in [1.82, 2.24) is 0 Å². The Balaban J connectivity index is 3.43. The van der Waals surface area contributed by atoms with Crippen LogP contribution in [0.2, 0.25) is 0 Å². The van der Waals surface area contributed by atoms with Gasteiger partial charge in [-0.25, -0.2) is 0 Å². The molecule has 0 fully saturated rings. The van der Waals surface area contributed by atoms with E-state index in [1.54, 1.807) is 12.1 Å². The molecule has 0 aromatic heterocycles. The maximum Gasteiger partial charge on any atom is 0.273 e. The van der Waals surface area contributed by atoms with E-state index in [0.29, 0.717) is 17.3 Å². The van der Waals surface area contributed by atoms with Crippen molar-refractivity contribution in [2.75, 3.05) is 11.8 Å². The normalized spacial score (nSPS) is 12.5. The lowest BCUT2D eigenvalue weighted by molar-refractivity contribution is -0.386. The van der Waals surface area contributed by atoms with Crippen LogP contribution in [0.1, 0.15) is 38.8 Å². The summed E-state index contributed by atoms with van der Waals surface area (Å²) in [6.07, 6.45) is 0. The van der Waals surface area contributed by atoms with Crippen LogP contribution in [-0.4, -0.2) is 16.7 Å². The predicted molar refractivity (Wildman–Crippen MR) is 80.6 cm³/mol. The van der Waals surface area contributed by atoms with Crippen molar-refractivity contribution < 1.29 is 4.92 Å². The Morgan fingerprint density at radius 1 is 1.11 bits per heavy atom. The first kappa shape index (κ1) is 16.3. The first-order valence-electron chi connectivity index (χ1n) is 6.07. The van der Waals surface area contributed by atoms with Crippen LogP contribution in [-0.2, 0) is 10.8 Å². The molecular weight excluding hydrogens is 285 g/mol. The average Bonchev–Trinajstić information content (AvgIpc) is 2.37. The molecule has 0 unspecified atom stereocenters. The van der Waals surface area contributed by atoms with Gasteiger partial charge in [-0.15, -0.1) is 23.2 Å². The third-order valence-electron chi connectivity index (χ3n) is 3.37. The van der Waals surface area contributed by atoms with Gasteiger partial charge in [0, 0.05) is 34.2 Å². The van der Waals surface area contributed by atoms with E-state index in [0.717, 1.165) is 5.56 Å². The van der Waals surface area contributed by atoms with Crippen LogP contribution in [0.15, 0.2) is 18.2 Å². The molecule has 5 heteroatoms. The summed E-state index contributed by atoms with van der Waals surface area (Å²) in [7, 11) is 0. The van der Waals surface area contributed by atoms with Crippen molar-refractivity contribution in [3.63, 3.8) is 0 Å². The Labute approximate surface area is 124 Å². The molecule has 1 aromatic rings. The lowest BCUT2D eigenvalue weighted by atomic mass is 9.81. The number of rotatable bonds is 5. The molecule has 0 atom stereocenters. The second-order valence-electron chi connectivity index (χ2n) is 6.02. The summed E-state index contributed by atoms with van der Waals surface area (Å²) in [5.41, 5.74) is 0.898. The highest BCUT2D eigenvalue weighted by molar-refractivity contribution is 6.19. The zero-order chi connectivity index (χ0) is 14.8. The van der Waals surface area contributed by atoms with Gasteiger partial charge < -0.3 is 0 Å².